The number of aliphatic hydroxyl groups is 1. The topological polar surface area (TPSA) is 42.4 Å². The number of nitrogens with zero attached hydrogens (tertiary/aromatic N) is 1. The van der Waals surface area contributed by atoms with E-state index in [1.807, 2.05) is 12.1 Å². The molecule has 15 heavy (non-hydrogen) atoms. The SMILES string of the molecule is OC(Cc1cccnc1)C1=COCCC1. The van der Waals surface area contributed by atoms with Crippen molar-refractivity contribution < 1.29 is 9.84 Å². The van der Waals surface area contributed by atoms with E-state index in [9.17, 15) is 5.11 Å². The zero-order valence-electron chi connectivity index (χ0n) is 8.60. The van der Waals surface area contributed by atoms with Crippen molar-refractivity contribution in [2.45, 2.75) is 25.4 Å². The summed E-state index contributed by atoms with van der Waals surface area (Å²) < 4.78 is 5.20. The van der Waals surface area contributed by atoms with Crippen molar-refractivity contribution in [2.75, 3.05) is 6.61 Å². The van der Waals surface area contributed by atoms with E-state index in [4.69, 9.17) is 4.74 Å². The summed E-state index contributed by atoms with van der Waals surface area (Å²) in [4.78, 5) is 4.02. The molecule has 0 fully saturated rings. The average molecular weight is 205 g/mol. The van der Waals surface area contributed by atoms with Crippen molar-refractivity contribution >= 4 is 0 Å². The van der Waals surface area contributed by atoms with E-state index in [0.717, 1.165) is 30.6 Å². The van der Waals surface area contributed by atoms with Gasteiger partial charge in [-0.05, 0) is 30.0 Å². The van der Waals surface area contributed by atoms with Crippen LogP contribution < -0.4 is 0 Å². The number of hydrogen-bond donors (Lipinski definition) is 1. The first kappa shape index (κ1) is 10.2. The first-order valence-electron chi connectivity index (χ1n) is 5.24. The van der Waals surface area contributed by atoms with Gasteiger partial charge in [-0.3, -0.25) is 4.98 Å². The molecule has 3 nitrogen and oxygen atoms in total. The van der Waals surface area contributed by atoms with Crippen molar-refractivity contribution in [2.24, 2.45) is 0 Å². The molecule has 3 heteroatoms. The summed E-state index contributed by atoms with van der Waals surface area (Å²) in [6, 6.07) is 3.86. The summed E-state index contributed by atoms with van der Waals surface area (Å²) in [6.45, 7) is 0.767. The Hall–Kier alpha value is -1.35. The molecule has 1 unspecified atom stereocenters. The number of ether oxygens (including phenoxy) is 1. The molecule has 80 valence electrons. The van der Waals surface area contributed by atoms with Gasteiger partial charge in [0.2, 0.25) is 0 Å². The Bertz CT molecular complexity index is 335. The molecular formula is C12H15NO2. The lowest BCUT2D eigenvalue weighted by Crippen LogP contribution is -2.17. The zero-order chi connectivity index (χ0) is 10.5. The van der Waals surface area contributed by atoms with Crippen molar-refractivity contribution in [3.05, 3.63) is 41.9 Å². The molecule has 0 aliphatic carbocycles. The fourth-order valence-corrected chi connectivity index (χ4v) is 1.70. The van der Waals surface area contributed by atoms with Gasteiger partial charge in [0.25, 0.3) is 0 Å². The molecule has 0 saturated heterocycles. The quantitative estimate of drug-likeness (QED) is 0.816. The van der Waals surface area contributed by atoms with Gasteiger partial charge >= 0.3 is 0 Å². The fourth-order valence-electron chi connectivity index (χ4n) is 1.70. The molecule has 0 saturated carbocycles. The highest BCUT2D eigenvalue weighted by atomic mass is 16.5. The van der Waals surface area contributed by atoms with Crippen LogP contribution in [0.4, 0.5) is 0 Å². The van der Waals surface area contributed by atoms with E-state index < -0.39 is 6.10 Å². The molecule has 0 bridgehead atoms. The third kappa shape index (κ3) is 2.80. The maximum absolute atomic E-state index is 9.95. The number of hydrogen-bond acceptors (Lipinski definition) is 3. The van der Waals surface area contributed by atoms with Crippen molar-refractivity contribution in [1.29, 1.82) is 0 Å². The van der Waals surface area contributed by atoms with E-state index in [-0.39, 0.29) is 0 Å². The van der Waals surface area contributed by atoms with Gasteiger partial charge in [-0.2, -0.15) is 0 Å². The van der Waals surface area contributed by atoms with E-state index in [1.165, 1.54) is 0 Å². The summed E-state index contributed by atoms with van der Waals surface area (Å²) >= 11 is 0. The summed E-state index contributed by atoms with van der Waals surface area (Å²) in [5, 5.41) is 9.95. The Morgan fingerprint density at radius 1 is 1.53 bits per heavy atom. The molecule has 2 rings (SSSR count). The Labute approximate surface area is 89.4 Å². The van der Waals surface area contributed by atoms with Crippen LogP contribution in [0.1, 0.15) is 18.4 Å². The predicted octanol–water partition coefficient (Wildman–Crippen LogP) is 1.68. The molecule has 0 amide bonds. The van der Waals surface area contributed by atoms with E-state index in [1.54, 1.807) is 18.7 Å². The third-order valence-electron chi connectivity index (χ3n) is 2.54. The van der Waals surface area contributed by atoms with Crippen LogP contribution in [0.15, 0.2) is 36.4 Å². The summed E-state index contributed by atoms with van der Waals surface area (Å²) in [7, 11) is 0. The van der Waals surface area contributed by atoms with Gasteiger partial charge in [-0.1, -0.05) is 6.07 Å². The molecule has 1 aliphatic rings. The van der Waals surface area contributed by atoms with E-state index >= 15 is 0 Å². The lowest BCUT2D eigenvalue weighted by atomic mass is 9.99. The molecule has 0 aromatic carbocycles. The van der Waals surface area contributed by atoms with Gasteiger partial charge in [0.15, 0.2) is 0 Å². The molecule has 1 atom stereocenters. The molecule has 1 aromatic heterocycles. The van der Waals surface area contributed by atoms with Crippen LogP contribution in [-0.4, -0.2) is 22.8 Å². The van der Waals surface area contributed by atoms with Crippen LogP contribution in [0.2, 0.25) is 0 Å². The fraction of sp³-hybridized carbons (Fsp3) is 0.417. The van der Waals surface area contributed by atoms with Gasteiger partial charge < -0.3 is 9.84 Å². The highest BCUT2D eigenvalue weighted by Gasteiger charge is 2.14. The highest BCUT2D eigenvalue weighted by Crippen LogP contribution is 2.18. The molecule has 1 N–H and O–H groups in total. The largest absolute Gasteiger partial charge is 0.501 e. The lowest BCUT2D eigenvalue weighted by molar-refractivity contribution is 0.169. The van der Waals surface area contributed by atoms with Crippen LogP contribution in [0.25, 0.3) is 0 Å². The standard InChI is InChI=1S/C12H15NO2/c14-12(11-4-2-6-15-9-11)7-10-3-1-5-13-8-10/h1,3,5,8-9,12,14H,2,4,6-7H2. The first-order chi connectivity index (χ1) is 7.36. The van der Waals surface area contributed by atoms with E-state index in [0.29, 0.717) is 6.42 Å². The van der Waals surface area contributed by atoms with E-state index in [2.05, 4.69) is 4.98 Å². The third-order valence-corrected chi connectivity index (χ3v) is 2.54. The molecule has 0 spiro atoms. The van der Waals surface area contributed by atoms with Gasteiger partial charge in [-0.15, -0.1) is 0 Å². The second kappa shape index (κ2) is 4.94. The minimum Gasteiger partial charge on any atom is -0.501 e. The Balaban J connectivity index is 1.97. The lowest BCUT2D eigenvalue weighted by Gasteiger charge is -2.18. The Kier molecular flexibility index (Phi) is 3.35. The highest BCUT2D eigenvalue weighted by molar-refractivity contribution is 5.16. The second-order valence-electron chi connectivity index (χ2n) is 3.75. The van der Waals surface area contributed by atoms with Crippen molar-refractivity contribution in [1.82, 2.24) is 4.98 Å². The van der Waals surface area contributed by atoms with Crippen LogP contribution in [0, 0.1) is 0 Å². The summed E-state index contributed by atoms with van der Waals surface area (Å²) in [6.07, 6.45) is 7.33. The molecule has 1 aliphatic heterocycles. The van der Waals surface area contributed by atoms with Gasteiger partial charge in [0.1, 0.15) is 0 Å². The van der Waals surface area contributed by atoms with Gasteiger partial charge in [-0.25, -0.2) is 0 Å². The molecule has 2 heterocycles. The van der Waals surface area contributed by atoms with Crippen molar-refractivity contribution in [3.8, 4) is 0 Å². The van der Waals surface area contributed by atoms with Crippen molar-refractivity contribution in [3.63, 3.8) is 0 Å². The maximum Gasteiger partial charge on any atom is 0.0876 e. The normalized spacial score (nSPS) is 17.8. The van der Waals surface area contributed by atoms with Crippen LogP contribution in [0.5, 0.6) is 0 Å². The minimum absolute atomic E-state index is 0.436. The smallest absolute Gasteiger partial charge is 0.0876 e. The number of pyridine rings is 1. The molecular weight excluding hydrogens is 190 g/mol. The average Bonchev–Trinajstić information content (AvgIpc) is 2.31. The van der Waals surface area contributed by atoms with Crippen LogP contribution >= 0.6 is 0 Å². The Morgan fingerprint density at radius 2 is 2.47 bits per heavy atom. The van der Waals surface area contributed by atoms with Crippen LogP contribution in [0.3, 0.4) is 0 Å². The number of aromatic nitrogens is 1. The molecule has 1 aromatic rings. The minimum atomic E-state index is -0.436. The summed E-state index contributed by atoms with van der Waals surface area (Å²) in [5.41, 5.74) is 2.04. The number of rotatable bonds is 3. The molecule has 0 radical (unpaired) electrons. The maximum atomic E-state index is 9.95. The predicted molar refractivity (Wildman–Crippen MR) is 57.2 cm³/mol. The number of aliphatic hydroxyl groups excluding tert-OH is 1. The Morgan fingerprint density at radius 3 is 3.13 bits per heavy atom. The van der Waals surface area contributed by atoms with Crippen LogP contribution in [-0.2, 0) is 11.2 Å². The van der Waals surface area contributed by atoms with Gasteiger partial charge in [0.05, 0.1) is 19.0 Å². The first-order valence-corrected chi connectivity index (χ1v) is 5.24. The van der Waals surface area contributed by atoms with Gasteiger partial charge in [0, 0.05) is 18.8 Å². The zero-order valence-corrected chi connectivity index (χ0v) is 8.60. The summed E-state index contributed by atoms with van der Waals surface area (Å²) in [5.74, 6) is 0. The monoisotopic (exact) mass is 205 g/mol. The second-order valence-corrected chi connectivity index (χ2v) is 3.75.